The third-order valence-corrected chi connectivity index (χ3v) is 11.6. The number of aromatic nitrogens is 12. The minimum atomic E-state index is 0.843. The van der Waals surface area contributed by atoms with Gasteiger partial charge in [-0.15, -0.1) is 0 Å². The number of rotatable bonds is 0. The van der Waals surface area contributed by atoms with Crippen LogP contribution in [0.3, 0.4) is 0 Å². The highest BCUT2D eigenvalue weighted by atomic mass is 14.8. The molecule has 0 spiro atoms. The van der Waals surface area contributed by atoms with E-state index in [0.717, 1.165) is 89.6 Å². The predicted octanol–water partition coefficient (Wildman–Crippen LogP) is 19.6. The molecule has 84 heavy (non-hydrogen) atoms. The van der Waals surface area contributed by atoms with Gasteiger partial charge in [0, 0.05) is 139 Å². The molecule has 12 aromatic heterocycles. The fourth-order valence-corrected chi connectivity index (χ4v) is 8.47. The molecule has 12 heteroatoms. The average molecular weight is 1130 g/mol. The fourth-order valence-electron chi connectivity index (χ4n) is 8.47. The van der Waals surface area contributed by atoms with E-state index in [9.17, 15) is 0 Å². The fraction of sp³-hybridized carbons (Fsp3) is 0.333. The quantitative estimate of drug-likeness (QED) is 0.142. The monoisotopic (exact) mass is 1130 g/mol. The van der Waals surface area contributed by atoms with Gasteiger partial charge in [0.1, 0.15) is 0 Å². The Kier molecular flexibility index (Phi) is 35.4. The molecular weight excluding hydrogens is 1030 g/mol. The van der Waals surface area contributed by atoms with Crippen molar-refractivity contribution in [2.24, 2.45) is 0 Å². The highest BCUT2D eigenvalue weighted by molar-refractivity contribution is 5.85. The molecule has 12 nitrogen and oxygen atoms in total. The minimum absolute atomic E-state index is 0.843. The Morgan fingerprint density at radius 1 is 0.262 bits per heavy atom. The second-order valence-electron chi connectivity index (χ2n) is 17.7. The molecule has 12 aromatic rings. The molecule has 0 aliphatic rings. The van der Waals surface area contributed by atoms with Gasteiger partial charge in [-0.25, -0.2) is 9.97 Å². The van der Waals surface area contributed by atoms with Crippen molar-refractivity contribution in [3.8, 4) is 0 Å². The van der Waals surface area contributed by atoms with Crippen LogP contribution in [0, 0.1) is 83.1 Å². The van der Waals surface area contributed by atoms with Crippen LogP contribution in [0.2, 0.25) is 0 Å². The van der Waals surface area contributed by atoms with Gasteiger partial charge in [-0.3, -0.25) is 49.8 Å². The highest BCUT2D eigenvalue weighted by Crippen LogP contribution is 2.20. The molecule has 0 bridgehead atoms. The smallest absolute Gasteiger partial charge is 0.159 e. The van der Waals surface area contributed by atoms with Crippen LogP contribution in [0.1, 0.15) is 151 Å². The van der Waals surface area contributed by atoms with Crippen LogP contribution < -0.4 is 0 Å². The van der Waals surface area contributed by atoms with Crippen molar-refractivity contribution in [1.82, 2.24) is 59.8 Å². The van der Waals surface area contributed by atoms with Crippen molar-refractivity contribution in [2.75, 3.05) is 0 Å². The van der Waals surface area contributed by atoms with Crippen molar-refractivity contribution >= 4 is 65.3 Å². The van der Waals surface area contributed by atoms with Crippen molar-refractivity contribution in [1.29, 1.82) is 0 Å². The second-order valence-corrected chi connectivity index (χ2v) is 17.7. The maximum absolute atomic E-state index is 4.40. The van der Waals surface area contributed by atoms with E-state index in [2.05, 4.69) is 123 Å². The van der Waals surface area contributed by atoms with Crippen molar-refractivity contribution in [3.63, 3.8) is 0 Å². The van der Waals surface area contributed by atoms with Gasteiger partial charge in [-0.2, -0.15) is 0 Å². The van der Waals surface area contributed by atoms with Gasteiger partial charge in [0.25, 0.3) is 0 Å². The Morgan fingerprint density at radius 2 is 0.679 bits per heavy atom. The van der Waals surface area contributed by atoms with E-state index in [-0.39, 0.29) is 0 Å². The molecule has 0 aromatic carbocycles. The summed E-state index contributed by atoms with van der Waals surface area (Å²) in [5.41, 5.74) is 17.0. The molecule has 0 aliphatic heterocycles. The normalized spacial score (nSPS) is 9.43. The lowest BCUT2D eigenvalue weighted by molar-refractivity contribution is 1.13. The molecule has 0 unspecified atom stereocenters. The Labute approximate surface area is 503 Å². The molecule has 0 radical (unpaired) electrons. The molecule has 0 amide bonds. The van der Waals surface area contributed by atoms with E-state index in [1.54, 1.807) is 43.4 Å². The zero-order valence-corrected chi connectivity index (χ0v) is 55.2. The lowest BCUT2D eigenvalue weighted by Crippen LogP contribution is -1.89. The number of nitrogens with zero attached hydrogens (tertiary/aromatic N) is 12. The van der Waals surface area contributed by atoms with E-state index < -0.39 is 0 Å². The van der Waals surface area contributed by atoms with Gasteiger partial charge in [0.05, 0.1) is 28.4 Å². The summed E-state index contributed by atoms with van der Waals surface area (Å²) < 4.78 is 0. The predicted molar refractivity (Wildman–Crippen MR) is 362 cm³/mol. The molecule has 0 atom stereocenters. The van der Waals surface area contributed by atoms with Gasteiger partial charge in [0.15, 0.2) is 5.65 Å². The van der Waals surface area contributed by atoms with E-state index >= 15 is 0 Å². The standard InChI is InChI=1S/6C10H10N2.6C2H6/c1-7-5-9-6-11-4-3-10(9)8(2)12-7;1-7-5-9-3-4-11-6-10(9)8(2)12-7;1-7-5-8(2)12-10-3-4-11-6-9(7)10;1-7-5-8(2)12-10-6-11-4-3-9(7)10;1-7-6-9-4-3-5-11-10(9)8(2)12-7;1-7-6-8(2)12-10-9(7)4-3-5-11-10;6*1-2/h6*3-6H,1-2H3;6*1-2H3. The molecule has 12 rings (SSSR count). The lowest BCUT2D eigenvalue weighted by Gasteiger charge is -2.01. The summed E-state index contributed by atoms with van der Waals surface area (Å²) >= 11 is 0. The molecule has 0 aliphatic carbocycles. The van der Waals surface area contributed by atoms with Gasteiger partial charge in [0.2, 0.25) is 0 Å². The second kappa shape index (κ2) is 40.5. The Morgan fingerprint density at radius 3 is 1.30 bits per heavy atom. The van der Waals surface area contributed by atoms with Gasteiger partial charge >= 0.3 is 0 Å². The summed E-state index contributed by atoms with van der Waals surface area (Å²) in [4.78, 5) is 50.8. The number of fused-ring (bicyclic) bond motifs is 6. The van der Waals surface area contributed by atoms with Crippen molar-refractivity contribution in [2.45, 2.75) is 166 Å². The van der Waals surface area contributed by atoms with Gasteiger partial charge in [-0.1, -0.05) is 89.2 Å². The van der Waals surface area contributed by atoms with E-state index in [1.807, 2.05) is 206 Å². The van der Waals surface area contributed by atoms with Crippen LogP contribution >= 0.6 is 0 Å². The SMILES string of the molecule is CC.CC.CC.CC.CC.CC.Cc1cc(C)c2cccnc2n1.Cc1cc(C)c2ccncc2n1.Cc1cc(C)c2cnccc2n1.Cc1cc2cccnc2c(C)n1.Cc1cc2ccncc2c(C)n1.Cc1cc2cnccc2c(C)n1. The molecule has 0 saturated heterocycles. The average Bonchev–Trinajstić information content (AvgIpc) is 3.71. The largest absolute Gasteiger partial charge is 0.264 e. The van der Waals surface area contributed by atoms with E-state index in [1.165, 1.54) is 43.6 Å². The first-order valence-electron chi connectivity index (χ1n) is 29.7. The maximum Gasteiger partial charge on any atom is 0.159 e. The molecule has 0 N–H and O–H groups in total. The van der Waals surface area contributed by atoms with Crippen LogP contribution in [0.25, 0.3) is 65.3 Å². The summed E-state index contributed by atoms with van der Waals surface area (Å²) in [6, 6.07) is 28.3. The molecule has 0 fully saturated rings. The number of hydrogen-bond acceptors (Lipinski definition) is 12. The summed E-state index contributed by atoms with van der Waals surface area (Å²) in [5.74, 6) is 0. The summed E-state index contributed by atoms with van der Waals surface area (Å²) in [7, 11) is 0. The van der Waals surface area contributed by atoms with Crippen LogP contribution in [-0.2, 0) is 0 Å². The lowest BCUT2D eigenvalue weighted by atomic mass is 10.1. The molecule has 12 heterocycles. The van der Waals surface area contributed by atoms with Gasteiger partial charge < -0.3 is 0 Å². The Balaban J connectivity index is 0.000000486. The van der Waals surface area contributed by atoms with Gasteiger partial charge in [-0.05, 0) is 184 Å². The summed E-state index contributed by atoms with van der Waals surface area (Å²) in [5, 5.41) is 9.36. The van der Waals surface area contributed by atoms with Crippen LogP contribution in [0.5, 0.6) is 0 Å². The third kappa shape index (κ3) is 23.0. The summed E-state index contributed by atoms with van der Waals surface area (Å²) in [6.07, 6.45) is 18.1. The third-order valence-electron chi connectivity index (χ3n) is 11.6. The van der Waals surface area contributed by atoms with Crippen molar-refractivity contribution in [3.05, 3.63) is 215 Å². The number of aryl methyl sites for hydroxylation is 12. The molecule has 444 valence electrons. The van der Waals surface area contributed by atoms with E-state index in [4.69, 9.17) is 0 Å². The zero-order valence-electron chi connectivity index (χ0n) is 55.2. The van der Waals surface area contributed by atoms with Crippen molar-refractivity contribution < 1.29 is 0 Å². The molecule has 0 saturated carbocycles. The Bertz CT molecular complexity index is 3180. The summed E-state index contributed by atoms with van der Waals surface area (Å²) in [6.45, 7) is 48.3. The Hall–Kier alpha value is -8.64. The first kappa shape index (κ1) is 73.4. The first-order chi connectivity index (χ1) is 40.6. The maximum atomic E-state index is 4.40. The first-order valence-corrected chi connectivity index (χ1v) is 29.7. The molecular formula is C72H96N12. The minimum Gasteiger partial charge on any atom is -0.264 e. The van der Waals surface area contributed by atoms with Crippen LogP contribution in [0.15, 0.2) is 147 Å². The van der Waals surface area contributed by atoms with Crippen LogP contribution in [0.4, 0.5) is 0 Å². The zero-order chi connectivity index (χ0) is 63.3. The topological polar surface area (TPSA) is 155 Å². The number of pyridine rings is 12. The van der Waals surface area contributed by atoms with E-state index in [0.29, 0.717) is 0 Å². The van der Waals surface area contributed by atoms with Crippen LogP contribution in [-0.4, -0.2) is 59.8 Å². The number of hydrogen-bond donors (Lipinski definition) is 0. The highest BCUT2D eigenvalue weighted by Gasteiger charge is 2.03.